The second kappa shape index (κ2) is 4.88. The highest BCUT2D eigenvalue weighted by atomic mass is 16.4. The Labute approximate surface area is 118 Å². The molecular formula is C15H21NO4. The van der Waals surface area contributed by atoms with Crippen molar-refractivity contribution < 1.29 is 19.8 Å². The number of aliphatic hydroxyl groups is 1. The maximum Gasteiger partial charge on any atom is 0.307 e. The average molecular weight is 279 g/mol. The van der Waals surface area contributed by atoms with E-state index < -0.39 is 17.8 Å². The Bertz CT molecular complexity index is 461. The highest BCUT2D eigenvalue weighted by molar-refractivity contribution is 5.87. The average Bonchev–Trinajstić information content (AvgIpc) is 3.01. The van der Waals surface area contributed by atoms with Crippen molar-refractivity contribution in [1.29, 1.82) is 0 Å². The summed E-state index contributed by atoms with van der Waals surface area (Å²) < 4.78 is 0. The van der Waals surface area contributed by atoms with Gasteiger partial charge in [0.25, 0.3) is 0 Å². The zero-order valence-corrected chi connectivity index (χ0v) is 11.6. The van der Waals surface area contributed by atoms with Gasteiger partial charge in [-0.05, 0) is 30.6 Å². The molecule has 1 saturated carbocycles. The molecule has 20 heavy (non-hydrogen) atoms. The third kappa shape index (κ3) is 2.04. The van der Waals surface area contributed by atoms with Crippen LogP contribution in [0.25, 0.3) is 0 Å². The van der Waals surface area contributed by atoms with Gasteiger partial charge in [-0.25, -0.2) is 0 Å². The molecule has 0 aromatic rings. The van der Waals surface area contributed by atoms with Gasteiger partial charge in [-0.15, -0.1) is 0 Å². The fourth-order valence-corrected chi connectivity index (χ4v) is 4.04. The summed E-state index contributed by atoms with van der Waals surface area (Å²) in [5.41, 5.74) is 0. The molecule has 1 amide bonds. The second-order valence-electron chi connectivity index (χ2n) is 6.46. The van der Waals surface area contributed by atoms with Crippen LogP contribution in [0, 0.1) is 29.6 Å². The van der Waals surface area contributed by atoms with Gasteiger partial charge in [0.1, 0.15) is 0 Å². The molecule has 1 heterocycles. The second-order valence-corrected chi connectivity index (χ2v) is 6.46. The molecule has 3 rings (SSSR count). The Morgan fingerprint density at radius 3 is 2.45 bits per heavy atom. The van der Waals surface area contributed by atoms with E-state index in [1.54, 1.807) is 4.90 Å². The van der Waals surface area contributed by atoms with Crippen LogP contribution in [0.5, 0.6) is 0 Å². The first-order valence-corrected chi connectivity index (χ1v) is 7.37. The van der Waals surface area contributed by atoms with Crippen LogP contribution in [0.3, 0.4) is 0 Å². The number of aliphatic hydroxyl groups excluding tert-OH is 1. The van der Waals surface area contributed by atoms with Crippen LogP contribution < -0.4 is 0 Å². The van der Waals surface area contributed by atoms with E-state index in [2.05, 4.69) is 0 Å². The summed E-state index contributed by atoms with van der Waals surface area (Å²) in [6.07, 6.45) is 4.99. The minimum absolute atomic E-state index is 0.0132. The smallest absolute Gasteiger partial charge is 0.307 e. The minimum Gasteiger partial charge on any atom is -0.481 e. The van der Waals surface area contributed by atoms with E-state index in [-0.39, 0.29) is 29.8 Å². The van der Waals surface area contributed by atoms with Gasteiger partial charge in [-0.3, -0.25) is 9.59 Å². The molecule has 1 aliphatic heterocycles. The maximum absolute atomic E-state index is 12.7. The lowest BCUT2D eigenvalue weighted by Gasteiger charge is -2.37. The first-order chi connectivity index (χ1) is 9.49. The molecule has 6 atom stereocenters. The zero-order valence-electron chi connectivity index (χ0n) is 11.6. The predicted octanol–water partition coefficient (Wildman–Crippen LogP) is 0.739. The number of carbonyl (C=O) groups is 2. The minimum atomic E-state index is -0.856. The van der Waals surface area contributed by atoms with Gasteiger partial charge in [-0.2, -0.15) is 0 Å². The molecule has 2 bridgehead atoms. The first kappa shape index (κ1) is 13.6. The van der Waals surface area contributed by atoms with E-state index in [0.717, 1.165) is 6.42 Å². The van der Waals surface area contributed by atoms with Crippen LogP contribution in [-0.4, -0.2) is 46.2 Å². The third-order valence-corrected chi connectivity index (χ3v) is 5.20. The first-order valence-electron chi connectivity index (χ1n) is 7.37. The van der Waals surface area contributed by atoms with Gasteiger partial charge < -0.3 is 15.1 Å². The van der Waals surface area contributed by atoms with Gasteiger partial charge in [0, 0.05) is 13.1 Å². The number of carbonyl (C=O) groups excluding carboxylic acids is 1. The van der Waals surface area contributed by atoms with E-state index in [9.17, 15) is 19.8 Å². The number of likely N-dealkylation sites (tertiary alicyclic amines) is 1. The Kier molecular flexibility index (Phi) is 3.32. The number of amides is 1. The summed E-state index contributed by atoms with van der Waals surface area (Å²) in [5.74, 6) is -1.72. The number of hydrogen-bond donors (Lipinski definition) is 2. The molecule has 6 unspecified atom stereocenters. The number of rotatable bonds is 2. The summed E-state index contributed by atoms with van der Waals surface area (Å²) in [6.45, 7) is 3.00. The summed E-state index contributed by atoms with van der Waals surface area (Å²) in [7, 11) is 0. The topological polar surface area (TPSA) is 77.8 Å². The van der Waals surface area contributed by atoms with Crippen molar-refractivity contribution in [3.8, 4) is 0 Å². The Morgan fingerprint density at radius 2 is 1.85 bits per heavy atom. The van der Waals surface area contributed by atoms with E-state index in [1.165, 1.54) is 0 Å². The van der Waals surface area contributed by atoms with E-state index in [4.69, 9.17) is 0 Å². The van der Waals surface area contributed by atoms with Gasteiger partial charge >= 0.3 is 5.97 Å². The Morgan fingerprint density at radius 1 is 1.20 bits per heavy atom. The van der Waals surface area contributed by atoms with Crippen molar-refractivity contribution in [2.45, 2.75) is 25.9 Å². The molecule has 0 aromatic heterocycles. The molecule has 0 radical (unpaired) electrons. The molecule has 1 saturated heterocycles. The van der Waals surface area contributed by atoms with Gasteiger partial charge in [0.15, 0.2) is 0 Å². The molecule has 0 aromatic carbocycles. The van der Waals surface area contributed by atoms with Gasteiger partial charge in [0.2, 0.25) is 5.91 Å². The molecule has 2 N–H and O–H groups in total. The zero-order chi connectivity index (χ0) is 14.4. The van der Waals surface area contributed by atoms with E-state index in [0.29, 0.717) is 19.5 Å². The molecule has 2 fully saturated rings. The number of fused-ring (bicyclic) bond motifs is 2. The van der Waals surface area contributed by atoms with Crippen molar-refractivity contribution in [2.24, 2.45) is 29.6 Å². The normalized spacial score (nSPS) is 43.0. The van der Waals surface area contributed by atoms with Gasteiger partial charge in [-0.1, -0.05) is 19.1 Å². The number of nitrogens with zero attached hydrogens (tertiary/aromatic N) is 1. The van der Waals surface area contributed by atoms with Crippen LogP contribution in [0.2, 0.25) is 0 Å². The maximum atomic E-state index is 12.7. The monoisotopic (exact) mass is 279 g/mol. The lowest BCUT2D eigenvalue weighted by Crippen LogP contribution is -2.49. The van der Waals surface area contributed by atoms with E-state index in [1.807, 2.05) is 19.1 Å². The van der Waals surface area contributed by atoms with Crippen LogP contribution >= 0.6 is 0 Å². The van der Waals surface area contributed by atoms with Gasteiger partial charge in [0.05, 0.1) is 17.9 Å². The van der Waals surface area contributed by atoms with Crippen molar-refractivity contribution in [1.82, 2.24) is 4.90 Å². The fourth-order valence-electron chi connectivity index (χ4n) is 4.04. The Hall–Kier alpha value is -1.36. The standard InChI is InChI=1S/C15H21NO4/c1-8-7-16(5-4-11(8)17)14(18)12-9-2-3-10(6-9)13(12)15(19)20/h2-3,8-13,17H,4-7H2,1H3,(H,19,20). The number of piperidine rings is 1. The van der Waals surface area contributed by atoms with E-state index >= 15 is 0 Å². The molecule has 0 spiro atoms. The van der Waals surface area contributed by atoms with Crippen LogP contribution in [-0.2, 0) is 9.59 Å². The molecule has 5 nitrogen and oxygen atoms in total. The molecule has 3 aliphatic rings. The quantitative estimate of drug-likeness (QED) is 0.731. The number of allylic oxidation sites excluding steroid dienone is 2. The number of aliphatic carboxylic acids is 1. The van der Waals surface area contributed by atoms with Crippen molar-refractivity contribution in [3.63, 3.8) is 0 Å². The summed E-state index contributed by atoms with van der Waals surface area (Å²) in [4.78, 5) is 25.9. The number of carboxylic acid groups (broad SMARTS) is 1. The predicted molar refractivity (Wildman–Crippen MR) is 71.7 cm³/mol. The Balaban J connectivity index is 1.77. The third-order valence-electron chi connectivity index (χ3n) is 5.20. The lowest BCUT2D eigenvalue weighted by molar-refractivity contribution is -0.152. The number of carboxylic acids is 1. The van der Waals surface area contributed by atoms with Crippen molar-refractivity contribution in [2.75, 3.05) is 13.1 Å². The highest BCUT2D eigenvalue weighted by Crippen LogP contribution is 2.49. The molecule has 5 heteroatoms. The molecular weight excluding hydrogens is 258 g/mol. The fraction of sp³-hybridized carbons (Fsp3) is 0.733. The van der Waals surface area contributed by atoms with Crippen LogP contribution in [0.15, 0.2) is 12.2 Å². The largest absolute Gasteiger partial charge is 0.481 e. The van der Waals surface area contributed by atoms with Crippen LogP contribution in [0.1, 0.15) is 19.8 Å². The van der Waals surface area contributed by atoms with Crippen molar-refractivity contribution in [3.05, 3.63) is 12.2 Å². The van der Waals surface area contributed by atoms with Crippen molar-refractivity contribution >= 4 is 11.9 Å². The van der Waals surface area contributed by atoms with Crippen LogP contribution in [0.4, 0.5) is 0 Å². The number of hydrogen-bond acceptors (Lipinski definition) is 3. The highest BCUT2D eigenvalue weighted by Gasteiger charge is 2.52. The summed E-state index contributed by atoms with van der Waals surface area (Å²) >= 11 is 0. The lowest BCUT2D eigenvalue weighted by atomic mass is 9.81. The summed E-state index contributed by atoms with van der Waals surface area (Å²) in [6, 6.07) is 0. The molecule has 110 valence electrons. The SMILES string of the molecule is CC1CN(C(=O)C2C3C=CC(C3)C2C(=O)O)CCC1O. The summed E-state index contributed by atoms with van der Waals surface area (Å²) in [5, 5.41) is 19.1. The molecule has 2 aliphatic carbocycles.